The van der Waals surface area contributed by atoms with E-state index >= 15 is 0 Å². The van der Waals surface area contributed by atoms with Crippen molar-refractivity contribution in [2.45, 2.75) is 24.4 Å². The van der Waals surface area contributed by atoms with Crippen LogP contribution in [-0.2, 0) is 28.4 Å². The van der Waals surface area contributed by atoms with E-state index in [4.69, 9.17) is 9.15 Å². The predicted molar refractivity (Wildman–Crippen MR) is 92.1 cm³/mol. The number of rotatable bonds is 7. The summed E-state index contributed by atoms with van der Waals surface area (Å²) in [4.78, 5) is 11.6. The Morgan fingerprint density at radius 2 is 2.15 bits per heavy atom. The standard InChI is InChI=1S/C15H19N5O5S/c1-10(14-17-16-9-20(14)6-7-24-3)18-26(22,23)11-4-5-12-13(8-11)25-15(21)19(12)2/h4-5,8-10,18H,6-7H2,1-3H3/t10-/m0/s1. The minimum atomic E-state index is -3.85. The lowest BCUT2D eigenvalue weighted by Crippen LogP contribution is -2.29. The number of nitrogens with one attached hydrogen (secondary N) is 1. The molecule has 3 rings (SSSR count). The number of hydrogen-bond donors (Lipinski definition) is 1. The van der Waals surface area contributed by atoms with Crippen LogP contribution in [0.3, 0.4) is 0 Å². The molecule has 0 radical (unpaired) electrons. The number of aryl methyl sites for hydroxylation is 1. The zero-order chi connectivity index (χ0) is 18.9. The summed E-state index contributed by atoms with van der Waals surface area (Å²) in [6, 6.07) is 3.65. The van der Waals surface area contributed by atoms with Gasteiger partial charge in [0.15, 0.2) is 11.4 Å². The summed E-state index contributed by atoms with van der Waals surface area (Å²) < 4.78 is 41.0. The molecule has 0 aliphatic carbocycles. The Hall–Kier alpha value is -2.50. The molecule has 0 bridgehead atoms. The van der Waals surface area contributed by atoms with Crippen LogP contribution in [0.1, 0.15) is 18.8 Å². The molecule has 0 aliphatic rings. The molecule has 26 heavy (non-hydrogen) atoms. The van der Waals surface area contributed by atoms with Gasteiger partial charge >= 0.3 is 5.76 Å². The van der Waals surface area contributed by atoms with Crippen LogP contribution in [0.4, 0.5) is 0 Å². The third kappa shape index (κ3) is 3.41. The smallest absolute Gasteiger partial charge is 0.408 e. The molecule has 0 fully saturated rings. The van der Waals surface area contributed by atoms with Gasteiger partial charge in [-0.2, -0.15) is 0 Å². The first kappa shape index (κ1) is 18.3. The zero-order valence-electron chi connectivity index (χ0n) is 14.5. The van der Waals surface area contributed by atoms with Gasteiger partial charge in [-0.1, -0.05) is 0 Å². The van der Waals surface area contributed by atoms with E-state index in [1.165, 1.54) is 29.1 Å². The number of fused-ring (bicyclic) bond motifs is 1. The minimum Gasteiger partial charge on any atom is -0.408 e. The zero-order valence-corrected chi connectivity index (χ0v) is 15.4. The number of sulfonamides is 1. The van der Waals surface area contributed by atoms with Gasteiger partial charge in [-0.15, -0.1) is 10.2 Å². The molecule has 2 aromatic heterocycles. The molecule has 1 atom stereocenters. The van der Waals surface area contributed by atoms with Crippen LogP contribution in [-0.4, -0.2) is 41.5 Å². The number of aromatic nitrogens is 4. The molecule has 1 aromatic carbocycles. The van der Waals surface area contributed by atoms with E-state index in [0.29, 0.717) is 24.5 Å². The summed E-state index contributed by atoms with van der Waals surface area (Å²) in [5.74, 6) is -0.0833. The Balaban J connectivity index is 1.87. The second-order valence-corrected chi connectivity index (χ2v) is 7.49. The third-order valence-corrected chi connectivity index (χ3v) is 5.51. The van der Waals surface area contributed by atoms with Gasteiger partial charge in [0.05, 0.1) is 23.1 Å². The van der Waals surface area contributed by atoms with Gasteiger partial charge in [-0.3, -0.25) is 4.57 Å². The van der Waals surface area contributed by atoms with Gasteiger partial charge in [0.25, 0.3) is 0 Å². The van der Waals surface area contributed by atoms with Gasteiger partial charge in [0.1, 0.15) is 6.33 Å². The monoisotopic (exact) mass is 381 g/mol. The quantitative estimate of drug-likeness (QED) is 0.629. The van der Waals surface area contributed by atoms with Crippen molar-refractivity contribution >= 4 is 21.1 Å². The molecular formula is C15H19N5O5S. The number of methoxy groups -OCH3 is 1. The lowest BCUT2D eigenvalue weighted by Gasteiger charge is -2.15. The Kier molecular flexibility index (Phi) is 4.94. The maximum absolute atomic E-state index is 12.7. The average molecular weight is 381 g/mol. The highest BCUT2D eigenvalue weighted by molar-refractivity contribution is 7.89. The van der Waals surface area contributed by atoms with E-state index in [0.717, 1.165) is 0 Å². The Morgan fingerprint density at radius 1 is 1.38 bits per heavy atom. The van der Waals surface area contributed by atoms with Crippen molar-refractivity contribution in [1.82, 2.24) is 24.1 Å². The van der Waals surface area contributed by atoms with Crippen molar-refractivity contribution in [3.05, 3.63) is 40.9 Å². The van der Waals surface area contributed by atoms with Gasteiger partial charge in [-0.25, -0.2) is 17.9 Å². The van der Waals surface area contributed by atoms with Crippen molar-refractivity contribution in [2.24, 2.45) is 7.05 Å². The fourth-order valence-corrected chi connectivity index (χ4v) is 3.81. The van der Waals surface area contributed by atoms with E-state index in [2.05, 4.69) is 14.9 Å². The van der Waals surface area contributed by atoms with Crippen LogP contribution in [0, 0.1) is 0 Å². The lowest BCUT2D eigenvalue weighted by atomic mass is 10.3. The summed E-state index contributed by atoms with van der Waals surface area (Å²) in [5.41, 5.74) is 0.720. The first-order valence-corrected chi connectivity index (χ1v) is 9.30. The molecule has 1 N–H and O–H groups in total. The van der Waals surface area contributed by atoms with Gasteiger partial charge in [0, 0.05) is 26.8 Å². The van der Waals surface area contributed by atoms with Crippen LogP contribution in [0.15, 0.2) is 38.6 Å². The first-order chi connectivity index (χ1) is 12.3. The molecule has 0 aliphatic heterocycles. The molecule has 11 heteroatoms. The van der Waals surface area contributed by atoms with Crippen molar-refractivity contribution in [2.75, 3.05) is 13.7 Å². The molecule has 0 saturated carbocycles. The maximum atomic E-state index is 12.7. The van der Waals surface area contributed by atoms with Gasteiger partial charge in [-0.05, 0) is 19.1 Å². The van der Waals surface area contributed by atoms with Crippen LogP contribution in [0.25, 0.3) is 11.1 Å². The largest absolute Gasteiger partial charge is 0.419 e. The van der Waals surface area contributed by atoms with Crippen molar-refractivity contribution in [3.63, 3.8) is 0 Å². The highest BCUT2D eigenvalue weighted by Gasteiger charge is 2.23. The van der Waals surface area contributed by atoms with Crippen LogP contribution in [0.5, 0.6) is 0 Å². The van der Waals surface area contributed by atoms with Crippen molar-refractivity contribution < 1.29 is 17.6 Å². The van der Waals surface area contributed by atoms with Crippen LogP contribution >= 0.6 is 0 Å². The van der Waals surface area contributed by atoms with Gasteiger partial charge < -0.3 is 13.7 Å². The highest BCUT2D eigenvalue weighted by atomic mass is 32.2. The third-order valence-electron chi connectivity index (χ3n) is 3.98. The van der Waals surface area contributed by atoms with E-state index < -0.39 is 21.8 Å². The molecule has 10 nitrogen and oxygen atoms in total. The Bertz CT molecular complexity index is 1080. The average Bonchev–Trinajstić information content (AvgIpc) is 3.17. The van der Waals surface area contributed by atoms with Gasteiger partial charge in [0.2, 0.25) is 10.0 Å². The number of benzene rings is 1. The highest BCUT2D eigenvalue weighted by Crippen LogP contribution is 2.20. The lowest BCUT2D eigenvalue weighted by molar-refractivity contribution is 0.185. The Labute approximate surface area is 149 Å². The summed E-state index contributed by atoms with van der Waals surface area (Å²) >= 11 is 0. The topological polar surface area (TPSA) is 121 Å². The molecule has 0 unspecified atom stereocenters. The second-order valence-electron chi connectivity index (χ2n) is 5.77. The van der Waals surface area contributed by atoms with E-state index in [-0.39, 0.29) is 10.5 Å². The van der Waals surface area contributed by atoms with E-state index in [1.54, 1.807) is 25.6 Å². The summed E-state index contributed by atoms with van der Waals surface area (Å²) in [7, 11) is -0.723. The van der Waals surface area contributed by atoms with Crippen molar-refractivity contribution in [3.8, 4) is 0 Å². The fourth-order valence-electron chi connectivity index (χ4n) is 2.60. The number of hydrogen-bond acceptors (Lipinski definition) is 7. The molecule has 2 heterocycles. The summed E-state index contributed by atoms with van der Waals surface area (Å²) in [6.45, 7) is 2.63. The van der Waals surface area contributed by atoms with Crippen LogP contribution in [0.2, 0.25) is 0 Å². The second kappa shape index (κ2) is 7.02. The number of nitrogens with zero attached hydrogens (tertiary/aromatic N) is 4. The molecule has 0 amide bonds. The predicted octanol–water partition coefficient (Wildman–Crippen LogP) is 0.409. The fraction of sp³-hybridized carbons (Fsp3) is 0.400. The summed E-state index contributed by atoms with van der Waals surface area (Å²) in [6.07, 6.45) is 1.52. The molecular weight excluding hydrogens is 362 g/mol. The SMILES string of the molecule is COCCn1cnnc1[C@H](C)NS(=O)(=O)c1ccc2c(c1)oc(=O)n2C. The normalized spacial score (nSPS) is 13.3. The van der Waals surface area contributed by atoms with E-state index in [9.17, 15) is 13.2 Å². The molecule has 0 spiro atoms. The number of ether oxygens (including phenoxy) is 1. The molecule has 3 aromatic rings. The number of oxazole rings is 1. The molecule has 140 valence electrons. The van der Waals surface area contributed by atoms with Crippen molar-refractivity contribution in [1.29, 1.82) is 0 Å². The Morgan fingerprint density at radius 3 is 2.88 bits per heavy atom. The maximum Gasteiger partial charge on any atom is 0.419 e. The van der Waals surface area contributed by atoms with Crippen LogP contribution < -0.4 is 10.5 Å². The minimum absolute atomic E-state index is 0.00541. The van der Waals surface area contributed by atoms with E-state index in [1.807, 2.05) is 0 Å². The first-order valence-electron chi connectivity index (χ1n) is 7.82. The molecule has 0 saturated heterocycles. The summed E-state index contributed by atoms with van der Waals surface area (Å²) in [5, 5.41) is 7.80.